The normalized spacial score (nSPS) is 15.2. The number of aldehydes is 1. The average molecular weight is 495 g/mol. The summed E-state index contributed by atoms with van der Waals surface area (Å²) in [7, 11) is 0. The number of carbonyl (C=O) groups is 3. The highest BCUT2D eigenvalue weighted by molar-refractivity contribution is 9.10. The number of thioether (sulfide) groups is 1. The van der Waals surface area contributed by atoms with Crippen molar-refractivity contribution in [3.05, 3.63) is 92.1 Å². The Morgan fingerprint density at radius 3 is 2.23 bits per heavy atom. The quantitative estimate of drug-likeness (QED) is 0.327. The lowest BCUT2D eigenvalue weighted by molar-refractivity contribution is -0.123. The Hall–Kier alpha value is -2.90. The molecule has 1 aliphatic rings. The van der Waals surface area contributed by atoms with Gasteiger partial charge in [0.1, 0.15) is 0 Å². The van der Waals surface area contributed by atoms with E-state index in [9.17, 15) is 14.4 Å². The van der Waals surface area contributed by atoms with Gasteiger partial charge in [0.05, 0.1) is 11.4 Å². The van der Waals surface area contributed by atoms with E-state index in [1.54, 1.807) is 6.08 Å². The molecule has 1 aliphatic heterocycles. The summed E-state index contributed by atoms with van der Waals surface area (Å²) in [6.07, 6.45) is 2.47. The van der Waals surface area contributed by atoms with Crippen LogP contribution in [-0.4, -0.2) is 26.9 Å². The molecule has 5 nitrogen and oxygen atoms in total. The van der Waals surface area contributed by atoms with Crippen LogP contribution in [0, 0.1) is 13.8 Å². The van der Waals surface area contributed by atoms with Gasteiger partial charge in [-0.15, -0.1) is 0 Å². The van der Waals surface area contributed by atoms with Crippen molar-refractivity contribution in [1.29, 1.82) is 0 Å². The van der Waals surface area contributed by atoms with Gasteiger partial charge in [-0.3, -0.25) is 19.3 Å². The fourth-order valence-electron chi connectivity index (χ4n) is 3.72. The smallest absolute Gasteiger partial charge is 0.293 e. The molecule has 1 aromatic heterocycles. The number of hydrogen-bond acceptors (Lipinski definition) is 4. The minimum atomic E-state index is -0.343. The number of nitrogens with zero attached hydrogens (tertiary/aromatic N) is 2. The van der Waals surface area contributed by atoms with E-state index in [0.717, 1.165) is 45.2 Å². The largest absolute Gasteiger partial charge is 0.317 e. The molecule has 0 radical (unpaired) electrons. The van der Waals surface area contributed by atoms with E-state index in [2.05, 4.69) is 15.9 Å². The van der Waals surface area contributed by atoms with Crippen molar-refractivity contribution in [2.75, 3.05) is 0 Å². The summed E-state index contributed by atoms with van der Waals surface area (Å²) >= 11 is 4.34. The Morgan fingerprint density at radius 1 is 0.935 bits per heavy atom. The lowest BCUT2D eigenvalue weighted by Gasteiger charge is -2.12. The zero-order valence-corrected chi connectivity index (χ0v) is 19.4. The van der Waals surface area contributed by atoms with Gasteiger partial charge in [-0.25, -0.2) is 0 Å². The Kier molecular flexibility index (Phi) is 5.98. The van der Waals surface area contributed by atoms with Crippen LogP contribution in [0.5, 0.6) is 0 Å². The second-order valence-electron chi connectivity index (χ2n) is 7.18. The second kappa shape index (κ2) is 8.69. The molecule has 1 saturated heterocycles. The molecule has 156 valence electrons. The van der Waals surface area contributed by atoms with Crippen molar-refractivity contribution in [2.45, 2.75) is 20.4 Å². The third-order valence-corrected chi connectivity index (χ3v) is 6.71. The molecule has 7 heteroatoms. The second-order valence-corrected chi connectivity index (χ2v) is 9.09. The maximum atomic E-state index is 13.0. The first-order valence-corrected chi connectivity index (χ1v) is 11.2. The summed E-state index contributed by atoms with van der Waals surface area (Å²) in [5.41, 5.74) is 4.57. The van der Waals surface area contributed by atoms with Crippen LogP contribution in [0.25, 0.3) is 11.8 Å². The van der Waals surface area contributed by atoms with Crippen molar-refractivity contribution in [2.24, 2.45) is 0 Å². The third kappa shape index (κ3) is 4.03. The van der Waals surface area contributed by atoms with Crippen LogP contribution >= 0.6 is 27.7 Å². The molecule has 0 spiro atoms. The summed E-state index contributed by atoms with van der Waals surface area (Å²) < 4.78 is 2.94. The highest BCUT2D eigenvalue weighted by Crippen LogP contribution is 2.36. The molecule has 0 bridgehead atoms. The van der Waals surface area contributed by atoms with Gasteiger partial charge in [-0.1, -0.05) is 46.3 Å². The molecule has 2 amide bonds. The van der Waals surface area contributed by atoms with Crippen LogP contribution in [0.3, 0.4) is 0 Å². The number of hydrogen-bond donors (Lipinski definition) is 0. The number of aromatic nitrogens is 1. The van der Waals surface area contributed by atoms with E-state index in [0.29, 0.717) is 16.0 Å². The number of rotatable bonds is 5. The molecule has 1 fully saturated rings. The molecule has 4 rings (SSSR count). The molecule has 0 atom stereocenters. The van der Waals surface area contributed by atoms with Gasteiger partial charge in [-0.05, 0) is 61.5 Å². The molecule has 0 saturated carbocycles. The topological polar surface area (TPSA) is 59.4 Å². The van der Waals surface area contributed by atoms with Crippen LogP contribution in [0.4, 0.5) is 4.79 Å². The van der Waals surface area contributed by atoms with Gasteiger partial charge in [0.15, 0.2) is 6.29 Å². The zero-order chi connectivity index (χ0) is 22.1. The number of benzene rings is 2. The standard InChI is InChI=1S/C24H19BrN2O3S/c1-15-20(21(14-28)16(2)27(15)19-10-8-18(25)9-11-19)12-22-23(29)26(24(30)31-22)13-17-6-4-3-5-7-17/h3-12,14H,13H2,1-2H3/b22-12-. The predicted octanol–water partition coefficient (Wildman–Crippen LogP) is 5.91. The van der Waals surface area contributed by atoms with Crippen LogP contribution in [0.1, 0.15) is 32.9 Å². The van der Waals surface area contributed by atoms with Gasteiger partial charge in [-0.2, -0.15) is 0 Å². The minimum absolute atomic E-state index is 0.224. The molecular weight excluding hydrogens is 476 g/mol. The fourth-order valence-corrected chi connectivity index (χ4v) is 4.81. The molecular formula is C24H19BrN2O3S. The average Bonchev–Trinajstić information content (AvgIpc) is 3.16. The van der Waals surface area contributed by atoms with E-state index >= 15 is 0 Å². The molecule has 2 heterocycles. The minimum Gasteiger partial charge on any atom is -0.317 e. The Morgan fingerprint density at radius 2 is 1.58 bits per heavy atom. The number of carbonyl (C=O) groups excluding carboxylic acids is 3. The summed E-state index contributed by atoms with van der Waals surface area (Å²) in [6, 6.07) is 17.2. The van der Waals surface area contributed by atoms with E-state index in [-0.39, 0.29) is 17.7 Å². The summed E-state index contributed by atoms with van der Waals surface area (Å²) in [4.78, 5) is 38.9. The number of imide groups is 1. The van der Waals surface area contributed by atoms with Gasteiger partial charge in [0, 0.05) is 32.7 Å². The van der Waals surface area contributed by atoms with Crippen molar-refractivity contribution in [3.63, 3.8) is 0 Å². The maximum absolute atomic E-state index is 13.0. The van der Waals surface area contributed by atoms with Crippen LogP contribution in [0.2, 0.25) is 0 Å². The Balaban J connectivity index is 1.72. The van der Waals surface area contributed by atoms with Crippen LogP contribution in [0.15, 0.2) is 64.0 Å². The van der Waals surface area contributed by atoms with Crippen molar-refractivity contribution in [3.8, 4) is 5.69 Å². The first-order chi connectivity index (χ1) is 14.9. The Labute approximate surface area is 192 Å². The maximum Gasteiger partial charge on any atom is 0.293 e. The van der Waals surface area contributed by atoms with Gasteiger partial charge in [0.25, 0.3) is 11.1 Å². The van der Waals surface area contributed by atoms with Gasteiger partial charge < -0.3 is 4.57 Å². The first kappa shape index (κ1) is 21.3. The molecule has 0 unspecified atom stereocenters. The SMILES string of the molecule is Cc1c(C=O)c(/C=C2\SC(=O)N(Cc3ccccc3)C2=O)c(C)n1-c1ccc(Br)cc1. The predicted molar refractivity (Wildman–Crippen MR) is 126 cm³/mol. The van der Waals surface area contributed by atoms with Crippen LogP contribution in [-0.2, 0) is 11.3 Å². The van der Waals surface area contributed by atoms with Crippen molar-refractivity contribution in [1.82, 2.24) is 9.47 Å². The van der Waals surface area contributed by atoms with E-state index < -0.39 is 0 Å². The molecule has 0 aliphatic carbocycles. The van der Waals surface area contributed by atoms with Gasteiger partial charge in [0.2, 0.25) is 0 Å². The molecule has 3 aromatic rings. The lowest BCUT2D eigenvalue weighted by atomic mass is 10.1. The van der Waals surface area contributed by atoms with Crippen LogP contribution < -0.4 is 0 Å². The summed E-state index contributed by atoms with van der Waals surface area (Å²) in [6.45, 7) is 4.00. The highest BCUT2D eigenvalue weighted by atomic mass is 79.9. The zero-order valence-electron chi connectivity index (χ0n) is 17.0. The van der Waals surface area contributed by atoms with E-state index in [4.69, 9.17) is 0 Å². The third-order valence-electron chi connectivity index (χ3n) is 5.28. The molecule has 0 N–H and O–H groups in total. The number of halogens is 1. The molecule has 31 heavy (non-hydrogen) atoms. The van der Waals surface area contributed by atoms with Crippen molar-refractivity contribution < 1.29 is 14.4 Å². The molecule has 2 aromatic carbocycles. The fraction of sp³-hybridized carbons (Fsp3) is 0.125. The van der Waals surface area contributed by atoms with Gasteiger partial charge >= 0.3 is 0 Å². The monoisotopic (exact) mass is 494 g/mol. The van der Waals surface area contributed by atoms with E-state index in [1.807, 2.05) is 73.0 Å². The summed E-state index contributed by atoms with van der Waals surface area (Å²) in [5, 5.41) is -0.311. The summed E-state index contributed by atoms with van der Waals surface area (Å²) in [5.74, 6) is -0.343. The first-order valence-electron chi connectivity index (χ1n) is 9.63. The number of amides is 2. The highest BCUT2D eigenvalue weighted by Gasteiger charge is 2.35. The Bertz CT molecular complexity index is 1210. The van der Waals surface area contributed by atoms with E-state index in [1.165, 1.54) is 4.90 Å². The lowest BCUT2D eigenvalue weighted by Crippen LogP contribution is -2.27. The van der Waals surface area contributed by atoms with Crippen molar-refractivity contribution >= 4 is 51.2 Å².